The van der Waals surface area contributed by atoms with E-state index >= 15 is 0 Å². The zero-order valence-electron chi connectivity index (χ0n) is 11.0. The molecular weight excluding hydrogens is 276 g/mol. The molecule has 108 valence electrons. The molecule has 1 aliphatic rings. The highest BCUT2D eigenvalue weighted by Gasteiger charge is 2.18. The van der Waals surface area contributed by atoms with Gasteiger partial charge >= 0.3 is 0 Å². The van der Waals surface area contributed by atoms with E-state index < -0.39 is 4.92 Å². The number of non-ortho nitro benzene ring substituents is 1. The SMILES string of the molecule is O=C(Nc1ccc([N+](=O)[O-])cc1)c1cc2n(n1)CCCO2. The fraction of sp³-hybridized carbons (Fsp3) is 0.231. The molecule has 2 aromatic rings. The van der Waals surface area contributed by atoms with Gasteiger partial charge in [0, 0.05) is 36.9 Å². The van der Waals surface area contributed by atoms with Crippen molar-refractivity contribution in [2.75, 3.05) is 11.9 Å². The predicted molar refractivity (Wildman–Crippen MR) is 73.4 cm³/mol. The maximum absolute atomic E-state index is 12.1. The van der Waals surface area contributed by atoms with Gasteiger partial charge in [0.25, 0.3) is 11.6 Å². The van der Waals surface area contributed by atoms with Crippen molar-refractivity contribution >= 4 is 17.3 Å². The molecule has 0 spiro atoms. The number of nitrogens with one attached hydrogen (secondary N) is 1. The predicted octanol–water partition coefficient (Wildman–Crippen LogP) is 1.83. The van der Waals surface area contributed by atoms with Gasteiger partial charge in [-0.2, -0.15) is 5.10 Å². The number of hydrogen-bond donors (Lipinski definition) is 1. The van der Waals surface area contributed by atoms with Gasteiger partial charge in [0.15, 0.2) is 5.69 Å². The molecule has 0 fully saturated rings. The van der Waals surface area contributed by atoms with E-state index in [1.54, 1.807) is 10.7 Å². The van der Waals surface area contributed by atoms with Crippen LogP contribution >= 0.6 is 0 Å². The van der Waals surface area contributed by atoms with Crippen molar-refractivity contribution in [3.8, 4) is 5.88 Å². The van der Waals surface area contributed by atoms with Crippen molar-refractivity contribution in [1.82, 2.24) is 9.78 Å². The molecule has 1 aromatic heterocycles. The first-order valence-electron chi connectivity index (χ1n) is 6.40. The summed E-state index contributed by atoms with van der Waals surface area (Å²) < 4.78 is 7.04. The minimum atomic E-state index is -0.494. The highest BCUT2D eigenvalue weighted by atomic mass is 16.6. The third kappa shape index (κ3) is 2.69. The van der Waals surface area contributed by atoms with Gasteiger partial charge in [-0.05, 0) is 12.1 Å². The van der Waals surface area contributed by atoms with Crippen molar-refractivity contribution in [2.45, 2.75) is 13.0 Å². The Hall–Kier alpha value is -2.90. The molecule has 8 heteroatoms. The van der Waals surface area contributed by atoms with Gasteiger partial charge in [-0.3, -0.25) is 14.9 Å². The Balaban J connectivity index is 1.73. The van der Waals surface area contributed by atoms with Gasteiger partial charge in [0.2, 0.25) is 5.88 Å². The number of aromatic nitrogens is 2. The maximum Gasteiger partial charge on any atom is 0.276 e. The van der Waals surface area contributed by atoms with Crippen LogP contribution in [0, 0.1) is 10.1 Å². The minimum absolute atomic E-state index is 0.0288. The van der Waals surface area contributed by atoms with E-state index in [-0.39, 0.29) is 17.3 Å². The topological polar surface area (TPSA) is 99.3 Å². The first-order chi connectivity index (χ1) is 10.1. The molecule has 0 aliphatic carbocycles. The van der Waals surface area contributed by atoms with Crippen molar-refractivity contribution in [1.29, 1.82) is 0 Å². The van der Waals surface area contributed by atoms with Crippen LogP contribution in [0.5, 0.6) is 5.88 Å². The average molecular weight is 288 g/mol. The first-order valence-corrected chi connectivity index (χ1v) is 6.40. The van der Waals surface area contributed by atoms with E-state index in [2.05, 4.69) is 10.4 Å². The molecule has 0 atom stereocenters. The van der Waals surface area contributed by atoms with Crippen LogP contribution in [-0.4, -0.2) is 27.2 Å². The van der Waals surface area contributed by atoms with Gasteiger partial charge in [-0.25, -0.2) is 4.68 Å². The number of fused-ring (bicyclic) bond motifs is 1. The van der Waals surface area contributed by atoms with E-state index in [1.807, 2.05) is 0 Å². The Morgan fingerprint density at radius 3 is 2.81 bits per heavy atom. The Morgan fingerprint density at radius 2 is 2.14 bits per heavy atom. The van der Waals surface area contributed by atoms with Crippen molar-refractivity contribution < 1.29 is 14.5 Å². The quantitative estimate of drug-likeness (QED) is 0.686. The molecule has 0 saturated carbocycles. The first kappa shape index (κ1) is 13.1. The zero-order valence-corrected chi connectivity index (χ0v) is 11.0. The lowest BCUT2D eigenvalue weighted by Crippen LogP contribution is -2.16. The van der Waals surface area contributed by atoms with E-state index in [4.69, 9.17) is 4.74 Å². The van der Waals surface area contributed by atoms with Crippen molar-refractivity contribution in [2.24, 2.45) is 0 Å². The summed E-state index contributed by atoms with van der Waals surface area (Å²) in [4.78, 5) is 22.1. The highest BCUT2D eigenvalue weighted by Crippen LogP contribution is 2.20. The largest absolute Gasteiger partial charge is 0.478 e. The lowest BCUT2D eigenvalue weighted by atomic mass is 10.2. The summed E-state index contributed by atoms with van der Waals surface area (Å²) in [5.74, 6) is 0.199. The number of ether oxygens (including phenoxy) is 1. The molecule has 2 heterocycles. The molecule has 3 rings (SSSR count). The van der Waals surface area contributed by atoms with E-state index in [9.17, 15) is 14.9 Å². The third-order valence-electron chi connectivity index (χ3n) is 3.08. The fourth-order valence-electron chi connectivity index (χ4n) is 2.04. The summed E-state index contributed by atoms with van der Waals surface area (Å²) in [5, 5.41) is 17.4. The Bertz CT molecular complexity index is 669. The second-order valence-electron chi connectivity index (χ2n) is 4.55. The zero-order chi connectivity index (χ0) is 14.8. The fourth-order valence-corrected chi connectivity index (χ4v) is 2.04. The van der Waals surface area contributed by atoms with E-state index in [0.29, 0.717) is 18.2 Å². The number of nitro groups is 1. The molecule has 1 aromatic carbocycles. The Kier molecular flexibility index (Phi) is 3.27. The number of hydrogen-bond acceptors (Lipinski definition) is 5. The van der Waals surface area contributed by atoms with Gasteiger partial charge in [0.05, 0.1) is 11.5 Å². The number of carbonyl (C=O) groups is 1. The molecule has 0 bridgehead atoms. The van der Waals surface area contributed by atoms with Crippen LogP contribution in [0.1, 0.15) is 16.9 Å². The van der Waals surface area contributed by atoms with E-state index in [0.717, 1.165) is 13.0 Å². The lowest BCUT2D eigenvalue weighted by molar-refractivity contribution is -0.384. The van der Waals surface area contributed by atoms with Gasteiger partial charge in [-0.15, -0.1) is 0 Å². The number of anilines is 1. The van der Waals surface area contributed by atoms with Crippen molar-refractivity contribution in [3.05, 3.63) is 46.1 Å². The Morgan fingerprint density at radius 1 is 1.38 bits per heavy atom. The second-order valence-corrected chi connectivity index (χ2v) is 4.55. The van der Waals surface area contributed by atoms with Gasteiger partial charge < -0.3 is 10.1 Å². The van der Waals surface area contributed by atoms with Crippen LogP contribution in [-0.2, 0) is 6.54 Å². The molecule has 21 heavy (non-hydrogen) atoms. The molecular formula is C13H12N4O4. The van der Waals surface area contributed by atoms with Crippen LogP contribution in [0.25, 0.3) is 0 Å². The maximum atomic E-state index is 12.1. The second kappa shape index (κ2) is 5.23. The molecule has 0 saturated heterocycles. The number of amides is 1. The number of carbonyl (C=O) groups excluding carboxylic acids is 1. The van der Waals surface area contributed by atoms with Crippen molar-refractivity contribution in [3.63, 3.8) is 0 Å². The van der Waals surface area contributed by atoms with Crippen LogP contribution in [0.3, 0.4) is 0 Å². The molecule has 8 nitrogen and oxygen atoms in total. The highest BCUT2D eigenvalue weighted by molar-refractivity contribution is 6.03. The summed E-state index contributed by atoms with van der Waals surface area (Å²) in [6, 6.07) is 7.19. The van der Waals surface area contributed by atoms with Gasteiger partial charge in [0.1, 0.15) is 0 Å². The van der Waals surface area contributed by atoms with Crippen LogP contribution in [0.2, 0.25) is 0 Å². The normalized spacial score (nSPS) is 13.1. The number of rotatable bonds is 3. The molecule has 1 aliphatic heterocycles. The van der Waals surface area contributed by atoms with Crippen LogP contribution in [0.4, 0.5) is 11.4 Å². The number of nitro benzene ring substituents is 1. The van der Waals surface area contributed by atoms with Crippen LogP contribution < -0.4 is 10.1 Å². The number of aryl methyl sites for hydroxylation is 1. The summed E-state index contributed by atoms with van der Waals surface area (Å²) in [6.45, 7) is 1.34. The summed E-state index contributed by atoms with van der Waals surface area (Å²) in [7, 11) is 0. The standard InChI is InChI=1S/C13H12N4O4/c18-13(11-8-12-16(15-11)6-1-7-21-12)14-9-2-4-10(5-3-9)17(19)20/h2-5,8H,1,6-7H2,(H,14,18). The van der Waals surface area contributed by atoms with Crippen LogP contribution in [0.15, 0.2) is 30.3 Å². The summed E-state index contributed by atoms with van der Waals surface area (Å²) in [6.07, 6.45) is 0.859. The molecule has 1 amide bonds. The number of benzene rings is 1. The van der Waals surface area contributed by atoms with E-state index in [1.165, 1.54) is 24.3 Å². The third-order valence-corrected chi connectivity index (χ3v) is 3.08. The number of nitrogens with zero attached hydrogens (tertiary/aromatic N) is 3. The average Bonchev–Trinajstić information content (AvgIpc) is 2.92. The summed E-state index contributed by atoms with van der Waals surface area (Å²) in [5.41, 5.74) is 0.696. The molecule has 0 radical (unpaired) electrons. The lowest BCUT2D eigenvalue weighted by Gasteiger charge is -2.13. The Labute approximate surface area is 119 Å². The monoisotopic (exact) mass is 288 g/mol. The minimum Gasteiger partial charge on any atom is -0.478 e. The smallest absolute Gasteiger partial charge is 0.276 e. The summed E-state index contributed by atoms with van der Waals surface area (Å²) >= 11 is 0. The molecule has 1 N–H and O–H groups in total. The van der Waals surface area contributed by atoms with Gasteiger partial charge in [-0.1, -0.05) is 0 Å². The molecule has 0 unspecified atom stereocenters.